The Labute approximate surface area is 225 Å². The normalized spacial score (nSPS) is 20.6. The average molecular weight is 506 g/mol. The quantitative estimate of drug-likeness (QED) is 0.487. The molecule has 2 heterocycles. The summed E-state index contributed by atoms with van der Waals surface area (Å²) in [6.07, 6.45) is 6.80. The molecule has 1 N–H and O–H groups in total. The fraction of sp³-hybridized carbons (Fsp3) is 0.312. The Kier molecular flexibility index (Phi) is 7.94. The Hall–Kier alpha value is -4.24. The lowest BCUT2D eigenvalue weighted by Crippen LogP contribution is -2.63. The van der Waals surface area contributed by atoms with Gasteiger partial charge in [0.15, 0.2) is 0 Å². The molecule has 3 aromatic carbocycles. The highest BCUT2D eigenvalue weighted by Crippen LogP contribution is 2.29. The second kappa shape index (κ2) is 11.9. The number of nitriles is 1. The summed E-state index contributed by atoms with van der Waals surface area (Å²) >= 11 is 0. The number of benzene rings is 3. The zero-order valence-corrected chi connectivity index (χ0v) is 21.9. The van der Waals surface area contributed by atoms with Crippen molar-refractivity contribution in [2.75, 3.05) is 24.5 Å². The number of piperidine rings is 1. The van der Waals surface area contributed by atoms with Gasteiger partial charge in [-0.05, 0) is 48.2 Å². The summed E-state index contributed by atoms with van der Waals surface area (Å²) in [4.78, 5) is 20.0. The van der Waals surface area contributed by atoms with Crippen LogP contribution in [0.4, 0.5) is 5.69 Å². The molecule has 0 radical (unpaired) electrons. The lowest BCUT2D eigenvalue weighted by Gasteiger charge is -2.49. The van der Waals surface area contributed by atoms with Gasteiger partial charge in [0, 0.05) is 51.1 Å². The molecule has 0 aromatic heterocycles. The highest BCUT2D eigenvalue weighted by atomic mass is 16.2. The number of nitrogens with one attached hydrogen (secondary N) is 1. The first-order valence-electron chi connectivity index (χ1n) is 13.4. The third kappa shape index (κ3) is 5.84. The minimum atomic E-state index is 0.0779. The molecule has 3 atom stereocenters. The molecule has 5 rings (SSSR count). The number of para-hydroxylation sites is 1. The molecule has 2 aliphatic heterocycles. The van der Waals surface area contributed by atoms with E-state index in [0.29, 0.717) is 12.1 Å². The maximum absolute atomic E-state index is 13.0. The van der Waals surface area contributed by atoms with Gasteiger partial charge in [0.25, 0.3) is 0 Å². The van der Waals surface area contributed by atoms with E-state index in [4.69, 9.17) is 5.26 Å². The van der Waals surface area contributed by atoms with Crippen LogP contribution in [0.25, 0.3) is 0 Å². The van der Waals surface area contributed by atoms with Crippen LogP contribution in [0.1, 0.15) is 30.0 Å². The summed E-state index contributed by atoms with van der Waals surface area (Å²) in [5.74, 6) is 0.129. The van der Waals surface area contributed by atoms with Gasteiger partial charge in [0.1, 0.15) is 6.17 Å². The third-order valence-corrected chi connectivity index (χ3v) is 7.75. The topological polar surface area (TPSA) is 62.6 Å². The Morgan fingerprint density at radius 1 is 1.00 bits per heavy atom. The van der Waals surface area contributed by atoms with Crippen molar-refractivity contribution in [3.8, 4) is 6.07 Å². The molecule has 38 heavy (non-hydrogen) atoms. The van der Waals surface area contributed by atoms with Gasteiger partial charge in [0.2, 0.25) is 5.91 Å². The van der Waals surface area contributed by atoms with Gasteiger partial charge in [-0.25, -0.2) is 0 Å². The number of rotatable bonds is 8. The van der Waals surface area contributed by atoms with E-state index in [-0.39, 0.29) is 24.2 Å². The molecular formula is C32H35N5O. The van der Waals surface area contributed by atoms with Crippen LogP contribution in [0.3, 0.4) is 0 Å². The molecule has 3 aromatic rings. The Bertz CT molecular complexity index is 1270. The molecule has 3 unspecified atom stereocenters. The first-order valence-corrected chi connectivity index (χ1v) is 13.4. The Balaban J connectivity index is 1.40. The van der Waals surface area contributed by atoms with Crippen LogP contribution in [0.5, 0.6) is 0 Å². The maximum Gasteiger partial charge on any atom is 0.219 e. The monoisotopic (exact) mass is 505 g/mol. The molecule has 1 fully saturated rings. The van der Waals surface area contributed by atoms with E-state index in [9.17, 15) is 4.79 Å². The fourth-order valence-electron chi connectivity index (χ4n) is 5.77. The van der Waals surface area contributed by atoms with Crippen LogP contribution in [0, 0.1) is 11.3 Å². The predicted octanol–water partition coefficient (Wildman–Crippen LogP) is 4.54. The first kappa shape index (κ1) is 25.4. The van der Waals surface area contributed by atoms with E-state index in [1.807, 2.05) is 36.5 Å². The van der Waals surface area contributed by atoms with Crippen molar-refractivity contribution < 1.29 is 4.79 Å². The lowest BCUT2D eigenvalue weighted by molar-refractivity contribution is -0.133. The zero-order chi connectivity index (χ0) is 26.3. The van der Waals surface area contributed by atoms with Crippen LogP contribution < -0.4 is 10.2 Å². The summed E-state index contributed by atoms with van der Waals surface area (Å²) in [6.45, 7) is 4.15. The third-order valence-electron chi connectivity index (χ3n) is 7.75. The van der Waals surface area contributed by atoms with Gasteiger partial charge in [-0.15, -0.1) is 0 Å². The molecule has 0 saturated carbocycles. The molecule has 1 saturated heterocycles. The maximum atomic E-state index is 13.0. The second-order valence-corrected chi connectivity index (χ2v) is 10.1. The van der Waals surface area contributed by atoms with E-state index >= 15 is 0 Å². The van der Waals surface area contributed by atoms with Crippen molar-refractivity contribution in [2.24, 2.45) is 0 Å². The number of amides is 1. The molecule has 0 aliphatic carbocycles. The highest BCUT2D eigenvalue weighted by Gasteiger charge is 2.40. The summed E-state index contributed by atoms with van der Waals surface area (Å²) in [5, 5.41) is 12.7. The minimum Gasteiger partial charge on any atom is -0.370 e. The molecule has 6 nitrogen and oxygen atoms in total. The predicted molar refractivity (Wildman–Crippen MR) is 151 cm³/mol. The average Bonchev–Trinajstić information content (AvgIpc) is 3.42. The molecule has 6 heteroatoms. The van der Waals surface area contributed by atoms with Crippen LogP contribution in [-0.4, -0.2) is 53.6 Å². The summed E-state index contributed by atoms with van der Waals surface area (Å²) in [6, 6.07) is 31.2. The molecule has 0 spiro atoms. The van der Waals surface area contributed by atoms with E-state index < -0.39 is 0 Å². The largest absolute Gasteiger partial charge is 0.370 e. The van der Waals surface area contributed by atoms with Crippen molar-refractivity contribution in [1.29, 1.82) is 5.26 Å². The van der Waals surface area contributed by atoms with E-state index in [1.165, 1.54) is 16.8 Å². The van der Waals surface area contributed by atoms with Crippen LogP contribution >= 0.6 is 0 Å². The van der Waals surface area contributed by atoms with Crippen molar-refractivity contribution in [3.63, 3.8) is 0 Å². The molecule has 2 aliphatic rings. The molecule has 1 amide bonds. The van der Waals surface area contributed by atoms with Crippen molar-refractivity contribution >= 4 is 11.6 Å². The first-order chi connectivity index (χ1) is 18.6. The van der Waals surface area contributed by atoms with Gasteiger partial charge in [-0.2, -0.15) is 5.26 Å². The molecule has 0 bridgehead atoms. The van der Waals surface area contributed by atoms with Crippen LogP contribution in [-0.2, 0) is 17.6 Å². The number of nitrogens with zero attached hydrogens (tertiary/aromatic N) is 4. The number of anilines is 1. The Morgan fingerprint density at radius 3 is 2.39 bits per heavy atom. The second-order valence-electron chi connectivity index (χ2n) is 10.1. The van der Waals surface area contributed by atoms with Crippen molar-refractivity contribution in [1.82, 2.24) is 15.1 Å². The standard InChI is InChI=1S/C32H35N5O/c1-25(38)36(20-16-26-8-4-2-5-9-26)30-17-19-35(29-10-6-3-7-11-29)24-31(30)37-21-18-34-32(37)22-27-12-14-28(23-33)15-13-27/h2-15,18,21,30-32,34H,16-17,19-20,22,24H2,1H3. The number of carbonyl (C=O) groups is 1. The van der Waals surface area contributed by atoms with Crippen molar-refractivity contribution in [2.45, 2.75) is 44.4 Å². The van der Waals surface area contributed by atoms with Crippen molar-refractivity contribution in [3.05, 3.63) is 114 Å². The zero-order valence-electron chi connectivity index (χ0n) is 21.9. The van der Waals surface area contributed by atoms with Gasteiger partial charge in [-0.3, -0.25) is 4.79 Å². The van der Waals surface area contributed by atoms with Gasteiger partial charge < -0.3 is 20.0 Å². The van der Waals surface area contributed by atoms with E-state index in [0.717, 1.165) is 32.4 Å². The van der Waals surface area contributed by atoms with Gasteiger partial charge >= 0.3 is 0 Å². The summed E-state index contributed by atoms with van der Waals surface area (Å²) in [7, 11) is 0. The molecular weight excluding hydrogens is 470 g/mol. The SMILES string of the molecule is CC(=O)N(CCc1ccccc1)C1CCN(c2ccccc2)CC1N1C=CNC1Cc1ccc(C#N)cc1. The lowest BCUT2D eigenvalue weighted by atomic mass is 9.94. The fourth-order valence-corrected chi connectivity index (χ4v) is 5.77. The van der Waals surface area contributed by atoms with E-state index in [1.54, 1.807) is 6.92 Å². The molecule has 194 valence electrons. The summed E-state index contributed by atoms with van der Waals surface area (Å²) < 4.78 is 0. The Morgan fingerprint density at radius 2 is 1.71 bits per heavy atom. The summed E-state index contributed by atoms with van der Waals surface area (Å²) in [5.41, 5.74) is 4.31. The van der Waals surface area contributed by atoms with Crippen LogP contribution in [0.15, 0.2) is 97.3 Å². The number of hydrogen-bond donors (Lipinski definition) is 1. The minimum absolute atomic E-state index is 0.0779. The number of carbonyl (C=O) groups excluding carboxylic acids is 1. The van der Waals surface area contributed by atoms with Gasteiger partial charge in [0.05, 0.1) is 23.7 Å². The van der Waals surface area contributed by atoms with Crippen LogP contribution in [0.2, 0.25) is 0 Å². The highest BCUT2D eigenvalue weighted by molar-refractivity contribution is 5.74. The number of hydrogen-bond acceptors (Lipinski definition) is 5. The van der Waals surface area contributed by atoms with Gasteiger partial charge in [-0.1, -0.05) is 60.7 Å². The van der Waals surface area contributed by atoms with E-state index in [2.05, 4.69) is 86.9 Å². The smallest absolute Gasteiger partial charge is 0.219 e.